The van der Waals surface area contributed by atoms with Gasteiger partial charge in [-0.05, 0) is 36.3 Å². The first-order chi connectivity index (χ1) is 9.97. The number of rotatable bonds is 5. The number of nitrogens with zero attached hydrogens (tertiary/aromatic N) is 3. The van der Waals surface area contributed by atoms with E-state index in [-0.39, 0.29) is 0 Å². The first-order valence-corrected chi connectivity index (χ1v) is 6.66. The van der Waals surface area contributed by atoms with Gasteiger partial charge in [0.15, 0.2) is 0 Å². The van der Waals surface area contributed by atoms with Gasteiger partial charge in [-0.1, -0.05) is 6.07 Å². The molecule has 1 heterocycles. The van der Waals surface area contributed by atoms with Crippen LogP contribution in [-0.2, 0) is 18.4 Å². The van der Waals surface area contributed by atoms with Crippen LogP contribution in [0.2, 0.25) is 0 Å². The molecular weight excluding hydrogens is 266 g/mol. The summed E-state index contributed by atoms with van der Waals surface area (Å²) in [5.74, 6) is 0.0513. The molecule has 5 heteroatoms. The topological polar surface area (TPSA) is 58.4 Å². The predicted octanol–water partition coefficient (Wildman–Crippen LogP) is 2.46. The molecule has 0 amide bonds. The largest absolute Gasteiger partial charge is 0.478 e. The Morgan fingerprint density at radius 3 is 2.81 bits per heavy atom. The zero-order valence-electron chi connectivity index (χ0n) is 12.4. The lowest BCUT2D eigenvalue weighted by Gasteiger charge is -2.20. The van der Waals surface area contributed by atoms with Crippen molar-refractivity contribution in [3.05, 3.63) is 53.6 Å². The van der Waals surface area contributed by atoms with Gasteiger partial charge >= 0.3 is 5.97 Å². The SMILES string of the molecule is Cc1cc(N(C)Cc2nccn2C)ccc1C=CC(=O)O. The van der Waals surface area contributed by atoms with Crippen molar-refractivity contribution < 1.29 is 9.90 Å². The third-order valence-electron chi connectivity index (χ3n) is 3.40. The molecular formula is C16H19N3O2. The molecule has 0 aliphatic heterocycles. The smallest absolute Gasteiger partial charge is 0.328 e. The van der Waals surface area contributed by atoms with E-state index in [4.69, 9.17) is 5.11 Å². The van der Waals surface area contributed by atoms with Crippen LogP contribution in [-0.4, -0.2) is 27.7 Å². The second-order valence-electron chi connectivity index (χ2n) is 5.02. The van der Waals surface area contributed by atoms with E-state index in [9.17, 15) is 4.79 Å². The lowest BCUT2D eigenvalue weighted by molar-refractivity contribution is -0.131. The summed E-state index contributed by atoms with van der Waals surface area (Å²) in [4.78, 5) is 17.0. The lowest BCUT2D eigenvalue weighted by Crippen LogP contribution is -2.19. The average Bonchev–Trinajstić information content (AvgIpc) is 2.82. The molecule has 1 N–H and O–H groups in total. The van der Waals surface area contributed by atoms with E-state index in [1.807, 2.05) is 50.0 Å². The second kappa shape index (κ2) is 6.26. The summed E-state index contributed by atoms with van der Waals surface area (Å²) in [5, 5.41) is 8.67. The summed E-state index contributed by atoms with van der Waals surface area (Å²) in [7, 11) is 3.98. The zero-order valence-corrected chi connectivity index (χ0v) is 12.4. The molecule has 0 fully saturated rings. The van der Waals surface area contributed by atoms with E-state index >= 15 is 0 Å². The maximum absolute atomic E-state index is 10.6. The van der Waals surface area contributed by atoms with Crippen molar-refractivity contribution >= 4 is 17.7 Å². The fourth-order valence-electron chi connectivity index (χ4n) is 2.10. The number of hydrogen-bond acceptors (Lipinski definition) is 3. The Labute approximate surface area is 124 Å². The summed E-state index contributed by atoms with van der Waals surface area (Å²) in [6.45, 7) is 2.69. The molecule has 0 saturated carbocycles. The quantitative estimate of drug-likeness (QED) is 0.857. The molecule has 1 aromatic carbocycles. The number of aryl methyl sites for hydroxylation is 2. The Morgan fingerprint density at radius 1 is 1.48 bits per heavy atom. The number of hydrogen-bond donors (Lipinski definition) is 1. The molecule has 2 rings (SSSR count). The van der Waals surface area contributed by atoms with Gasteiger partial charge in [-0.25, -0.2) is 9.78 Å². The third-order valence-corrected chi connectivity index (χ3v) is 3.40. The zero-order chi connectivity index (χ0) is 15.4. The molecule has 1 aromatic heterocycles. The number of imidazole rings is 1. The van der Waals surface area contributed by atoms with Gasteiger partial charge in [0.1, 0.15) is 5.82 Å². The number of carboxylic acid groups (broad SMARTS) is 1. The predicted molar refractivity (Wildman–Crippen MR) is 83.2 cm³/mol. The Bertz CT molecular complexity index is 674. The van der Waals surface area contributed by atoms with E-state index in [0.717, 1.165) is 28.7 Å². The van der Waals surface area contributed by atoms with Crippen LogP contribution < -0.4 is 4.90 Å². The molecule has 0 unspecified atom stereocenters. The third kappa shape index (κ3) is 3.72. The minimum Gasteiger partial charge on any atom is -0.478 e. The standard InChI is InChI=1S/C16H19N3O2/c1-12-10-14(6-4-13(12)5-7-16(20)21)19(3)11-15-17-8-9-18(15)2/h4-10H,11H2,1-3H3,(H,20,21). The minimum absolute atomic E-state index is 0.716. The number of benzene rings is 1. The fraction of sp³-hybridized carbons (Fsp3) is 0.250. The Kier molecular flexibility index (Phi) is 4.42. The molecule has 2 aromatic rings. The highest BCUT2D eigenvalue weighted by Gasteiger charge is 2.07. The van der Waals surface area contributed by atoms with Crippen LogP contribution in [0.5, 0.6) is 0 Å². The molecule has 0 radical (unpaired) electrons. The highest BCUT2D eigenvalue weighted by Crippen LogP contribution is 2.20. The van der Waals surface area contributed by atoms with E-state index < -0.39 is 5.97 Å². The average molecular weight is 285 g/mol. The molecule has 21 heavy (non-hydrogen) atoms. The van der Waals surface area contributed by atoms with Crippen LogP contribution in [0, 0.1) is 6.92 Å². The van der Waals surface area contributed by atoms with Gasteiger partial charge in [-0.3, -0.25) is 0 Å². The lowest BCUT2D eigenvalue weighted by atomic mass is 10.1. The van der Waals surface area contributed by atoms with Gasteiger partial charge in [0.2, 0.25) is 0 Å². The summed E-state index contributed by atoms with van der Waals surface area (Å²) < 4.78 is 1.99. The second-order valence-corrected chi connectivity index (χ2v) is 5.02. The van der Waals surface area contributed by atoms with Crippen LogP contribution >= 0.6 is 0 Å². The van der Waals surface area contributed by atoms with E-state index in [2.05, 4.69) is 9.88 Å². The van der Waals surface area contributed by atoms with Crippen molar-refractivity contribution in [1.29, 1.82) is 0 Å². The summed E-state index contributed by atoms with van der Waals surface area (Å²) in [5.41, 5.74) is 3.02. The number of aromatic nitrogens is 2. The van der Waals surface area contributed by atoms with Gasteiger partial charge in [0.25, 0.3) is 0 Å². The van der Waals surface area contributed by atoms with Crippen molar-refractivity contribution in [1.82, 2.24) is 9.55 Å². The highest BCUT2D eigenvalue weighted by molar-refractivity contribution is 5.85. The van der Waals surface area contributed by atoms with Crippen molar-refractivity contribution in [3.8, 4) is 0 Å². The molecule has 0 aliphatic carbocycles. The van der Waals surface area contributed by atoms with Crippen LogP contribution in [0.15, 0.2) is 36.7 Å². The van der Waals surface area contributed by atoms with Crippen LogP contribution in [0.25, 0.3) is 6.08 Å². The highest BCUT2D eigenvalue weighted by atomic mass is 16.4. The Hall–Kier alpha value is -2.56. The number of carbonyl (C=O) groups is 1. The number of aliphatic carboxylic acids is 1. The van der Waals surface area contributed by atoms with E-state index in [1.54, 1.807) is 12.3 Å². The molecule has 0 aliphatic rings. The van der Waals surface area contributed by atoms with E-state index in [0.29, 0.717) is 6.54 Å². The van der Waals surface area contributed by atoms with Gasteiger partial charge in [-0.15, -0.1) is 0 Å². The van der Waals surface area contributed by atoms with Crippen molar-refractivity contribution in [2.45, 2.75) is 13.5 Å². The Morgan fingerprint density at radius 2 is 2.24 bits per heavy atom. The maximum Gasteiger partial charge on any atom is 0.328 e. The first kappa shape index (κ1) is 14.8. The summed E-state index contributed by atoms with van der Waals surface area (Å²) in [6, 6.07) is 5.96. The maximum atomic E-state index is 10.6. The van der Waals surface area contributed by atoms with Crippen LogP contribution in [0.3, 0.4) is 0 Å². The summed E-state index contributed by atoms with van der Waals surface area (Å²) in [6.07, 6.45) is 6.47. The molecule has 0 atom stereocenters. The van der Waals surface area contributed by atoms with Gasteiger partial charge < -0.3 is 14.6 Å². The normalized spacial score (nSPS) is 11.0. The van der Waals surface area contributed by atoms with Gasteiger partial charge in [0, 0.05) is 38.3 Å². The van der Waals surface area contributed by atoms with Gasteiger partial charge in [-0.2, -0.15) is 0 Å². The number of carboxylic acids is 1. The Balaban J connectivity index is 2.15. The monoisotopic (exact) mass is 285 g/mol. The number of anilines is 1. The van der Waals surface area contributed by atoms with Crippen LogP contribution in [0.4, 0.5) is 5.69 Å². The fourth-order valence-corrected chi connectivity index (χ4v) is 2.10. The molecule has 0 saturated heterocycles. The van der Waals surface area contributed by atoms with Crippen molar-refractivity contribution in [3.63, 3.8) is 0 Å². The van der Waals surface area contributed by atoms with Gasteiger partial charge in [0.05, 0.1) is 6.54 Å². The van der Waals surface area contributed by atoms with Crippen molar-refractivity contribution in [2.75, 3.05) is 11.9 Å². The minimum atomic E-state index is -0.939. The molecule has 0 bridgehead atoms. The molecule has 0 spiro atoms. The molecule has 5 nitrogen and oxygen atoms in total. The molecule has 110 valence electrons. The summed E-state index contributed by atoms with van der Waals surface area (Å²) >= 11 is 0. The first-order valence-electron chi connectivity index (χ1n) is 6.66. The van der Waals surface area contributed by atoms with E-state index in [1.165, 1.54) is 0 Å². The van der Waals surface area contributed by atoms with Crippen LogP contribution in [0.1, 0.15) is 17.0 Å². The van der Waals surface area contributed by atoms with Crippen molar-refractivity contribution in [2.24, 2.45) is 7.05 Å².